The molecular formula is C11H15BrIN. The second kappa shape index (κ2) is 6.08. The normalized spacial score (nSPS) is 12.9. The summed E-state index contributed by atoms with van der Waals surface area (Å²) in [4.78, 5) is 0. The van der Waals surface area contributed by atoms with E-state index in [1.165, 1.54) is 9.13 Å². The van der Waals surface area contributed by atoms with E-state index >= 15 is 0 Å². The van der Waals surface area contributed by atoms with Crippen LogP contribution in [0.1, 0.15) is 31.9 Å². The summed E-state index contributed by atoms with van der Waals surface area (Å²) >= 11 is 5.91. The number of hydrogen-bond acceptors (Lipinski definition) is 1. The first-order valence-electron chi connectivity index (χ1n) is 4.87. The van der Waals surface area contributed by atoms with Gasteiger partial charge in [0.05, 0.1) is 0 Å². The molecule has 0 fully saturated rings. The lowest BCUT2D eigenvalue weighted by Gasteiger charge is -2.18. The van der Waals surface area contributed by atoms with Gasteiger partial charge in [0.2, 0.25) is 0 Å². The molecule has 1 N–H and O–H groups in total. The molecule has 0 aliphatic rings. The van der Waals surface area contributed by atoms with Gasteiger partial charge in [-0.15, -0.1) is 0 Å². The molecule has 1 atom stereocenters. The summed E-state index contributed by atoms with van der Waals surface area (Å²) in [5, 5.41) is 3.49. The van der Waals surface area contributed by atoms with E-state index in [9.17, 15) is 0 Å². The van der Waals surface area contributed by atoms with E-state index in [0.29, 0.717) is 6.04 Å². The molecule has 3 heteroatoms. The molecule has 1 nitrogen and oxygen atoms in total. The van der Waals surface area contributed by atoms with Crippen molar-refractivity contribution in [1.82, 2.24) is 5.32 Å². The Kier molecular flexibility index (Phi) is 5.41. The second-order valence-electron chi connectivity index (χ2n) is 3.18. The molecule has 0 bridgehead atoms. The van der Waals surface area contributed by atoms with Gasteiger partial charge in [-0.1, -0.05) is 29.8 Å². The van der Waals surface area contributed by atoms with Crippen molar-refractivity contribution in [3.05, 3.63) is 31.8 Å². The third-order valence-corrected chi connectivity index (χ3v) is 3.67. The zero-order valence-corrected chi connectivity index (χ0v) is 12.2. The van der Waals surface area contributed by atoms with Gasteiger partial charge in [-0.25, -0.2) is 0 Å². The molecular weight excluding hydrogens is 353 g/mol. The van der Waals surface area contributed by atoms with Crippen LogP contribution in [-0.4, -0.2) is 6.54 Å². The molecule has 0 amide bonds. The van der Waals surface area contributed by atoms with Gasteiger partial charge in [0.1, 0.15) is 0 Å². The molecule has 1 rings (SSSR count). The van der Waals surface area contributed by atoms with Crippen LogP contribution in [0, 0.1) is 3.57 Å². The fraction of sp³-hybridized carbons (Fsp3) is 0.455. The highest BCUT2D eigenvalue weighted by Crippen LogP contribution is 2.25. The Morgan fingerprint density at radius 2 is 2.14 bits per heavy atom. The summed E-state index contributed by atoms with van der Waals surface area (Å²) in [6.07, 6.45) is 1.13. The molecule has 0 heterocycles. The molecule has 1 aromatic carbocycles. The third-order valence-electron chi connectivity index (χ3n) is 2.19. The van der Waals surface area contributed by atoms with Crippen LogP contribution in [0.5, 0.6) is 0 Å². The fourth-order valence-corrected chi connectivity index (χ4v) is 2.59. The highest BCUT2D eigenvalue weighted by molar-refractivity contribution is 14.1. The van der Waals surface area contributed by atoms with Crippen LogP contribution in [-0.2, 0) is 0 Å². The predicted molar refractivity (Wildman–Crippen MR) is 73.6 cm³/mol. The number of nitrogens with one attached hydrogen (secondary N) is 1. The van der Waals surface area contributed by atoms with E-state index in [1.54, 1.807) is 0 Å². The zero-order chi connectivity index (χ0) is 10.6. The maximum atomic E-state index is 3.51. The predicted octanol–water partition coefficient (Wildman–Crippen LogP) is 4.11. The maximum absolute atomic E-state index is 3.51. The Hall–Kier alpha value is 0.390. The topological polar surface area (TPSA) is 12.0 Å². The molecule has 0 aliphatic carbocycles. The van der Waals surface area contributed by atoms with Crippen LogP contribution < -0.4 is 5.32 Å². The lowest BCUT2D eigenvalue weighted by Crippen LogP contribution is -2.20. The Balaban J connectivity index is 2.96. The van der Waals surface area contributed by atoms with Gasteiger partial charge in [-0.3, -0.25) is 0 Å². The van der Waals surface area contributed by atoms with Crippen LogP contribution in [0.3, 0.4) is 0 Å². The van der Waals surface area contributed by atoms with Gasteiger partial charge in [0, 0.05) is 14.1 Å². The average Bonchev–Trinajstić information content (AvgIpc) is 2.18. The quantitative estimate of drug-likeness (QED) is 0.789. The molecule has 0 saturated heterocycles. The number of rotatable bonds is 4. The van der Waals surface area contributed by atoms with Crippen molar-refractivity contribution >= 4 is 38.5 Å². The van der Waals surface area contributed by atoms with Crippen LogP contribution in [0.2, 0.25) is 0 Å². The van der Waals surface area contributed by atoms with E-state index in [0.717, 1.165) is 17.4 Å². The molecule has 0 saturated carbocycles. The molecule has 78 valence electrons. The number of hydrogen-bond donors (Lipinski definition) is 1. The SMILES string of the molecule is CCNC(CC)c1cc(Br)ccc1I. The number of benzene rings is 1. The van der Waals surface area contributed by atoms with Gasteiger partial charge in [-0.2, -0.15) is 0 Å². The van der Waals surface area contributed by atoms with Crippen LogP contribution in [0.15, 0.2) is 22.7 Å². The minimum absolute atomic E-state index is 0.476. The van der Waals surface area contributed by atoms with E-state index in [1.807, 2.05) is 0 Å². The molecule has 14 heavy (non-hydrogen) atoms. The first kappa shape index (κ1) is 12.5. The summed E-state index contributed by atoms with van der Waals surface area (Å²) < 4.78 is 2.49. The van der Waals surface area contributed by atoms with Crippen molar-refractivity contribution < 1.29 is 0 Å². The number of halogens is 2. The monoisotopic (exact) mass is 367 g/mol. The van der Waals surface area contributed by atoms with E-state index in [2.05, 4.69) is 75.9 Å². The summed E-state index contributed by atoms with van der Waals surface area (Å²) in [6, 6.07) is 6.92. The third kappa shape index (κ3) is 3.21. The lowest BCUT2D eigenvalue weighted by atomic mass is 10.1. The highest BCUT2D eigenvalue weighted by Gasteiger charge is 2.11. The van der Waals surface area contributed by atoms with Crippen molar-refractivity contribution in [1.29, 1.82) is 0 Å². The largest absolute Gasteiger partial charge is 0.310 e. The van der Waals surface area contributed by atoms with E-state index < -0.39 is 0 Å². The zero-order valence-electron chi connectivity index (χ0n) is 8.48. The minimum atomic E-state index is 0.476. The summed E-state index contributed by atoms with van der Waals surface area (Å²) in [5.41, 5.74) is 1.39. The standard InChI is InChI=1S/C11H15BrIN/c1-3-11(14-4-2)9-7-8(12)5-6-10(9)13/h5-7,11,14H,3-4H2,1-2H3. The van der Waals surface area contributed by atoms with Crippen LogP contribution >= 0.6 is 38.5 Å². The maximum Gasteiger partial charge on any atom is 0.0328 e. The van der Waals surface area contributed by atoms with Crippen LogP contribution in [0.4, 0.5) is 0 Å². The van der Waals surface area contributed by atoms with Crippen molar-refractivity contribution in [3.63, 3.8) is 0 Å². The van der Waals surface area contributed by atoms with E-state index in [-0.39, 0.29) is 0 Å². The van der Waals surface area contributed by atoms with Crippen molar-refractivity contribution in [3.8, 4) is 0 Å². The molecule has 0 spiro atoms. The van der Waals surface area contributed by atoms with Gasteiger partial charge >= 0.3 is 0 Å². The molecule has 1 unspecified atom stereocenters. The van der Waals surface area contributed by atoms with Gasteiger partial charge in [0.25, 0.3) is 0 Å². The smallest absolute Gasteiger partial charge is 0.0328 e. The first-order chi connectivity index (χ1) is 6.69. The highest BCUT2D eigenvalue weighted by atomic mass is 127. The fourth-order valence-electron chi connectivity index (χ4n) is 1.50. The summed E-state index contributed by atoms with van der Waals surface area (Å²) in [6.45, 7) is 5.37. The first-order valence-corrected chi connectivity index (χ1v) is 6.74. The molecule has 0 aliphatic heterocycles. The Bertz CT molecular complexity index is 301. The van der Waals surface area contributed by atoms with Crippen molar-refractivity contribution in [2.24, 2.45) is 0 Å². The summed E-state index contributed by atoms with van der Waals surface area (Å²) in [7, 11) is 0. The molecule has 0 radical (unpaired) electrons. The Morgan fingerprint density at radius 1 is 1.43 bits per heavy atom. The Morgan fingerprint density at radius 3 is 2.71 bits per heavy atom. The van der Waals surface area contributed by atoms with Crippen LogP contribution in [0.25, 0.3) is 0 Å². The van der Waals surface area contributed by atoms with Crippen molar-refractivity contribution in [2.45, 2.75) is 26.3 Å². The van der Waals surface area contributed by atoms with Gasteiger partial charge in [-0.05, 0) is 59.3 Å². The Labute approximate surface area is 108 Å². The lowest BCUT2D eigenvalue weighted by molar-refractivity contribution is 0.535. The van der Waals surface area contributed by atoms with Crippen molar-refractivity contribution in [2.75, 3.05) is 6.54 Å². The summed E-state index contributed by atoms with van der Waals surface area (Å²) in [5.74, 6) is 0. The average molecular weight is 368 g/mol. The second-order valence-corrected chi connectivity index (χ2v) is 5.26. The van der Waals surface area contributed by atoms with E-state index in [4.69, 9.17) is 0 Å². The van der Waals surface area contributed by atoms with Gasteiger partial charge < -0.3 is 5.32 Å². The van der Waals surface area contributed by atoms with Gasteiger partial charge in [0.15, 0.2) is 0 Å². The molecule has 1 aromatic rings. The molecule has 0 aromatic heterocycles. The minimum Gasteiger partial charge on any atom is -0.310 e.